The van der Waals surface area contributed by atoms with Crippen LogP contribution in [0.15, 0.2) is 18.2 Å². The van der Waals surface area contributed by atoms with E-state index < -0.39 is 4.92 Å². The number of hydrogen-bond acceptors (Lipinski definition) is 6. The van der Waals surface area contributed by atoms with Gasteiger partial charge < -0.3 is 10.1 Å². The lowest BCUT2D eigenvalue weighted by atomic mass is 9.99. The monoisotopic (exact) mass is 321 g/mol. The standard InChI is InChI=1S/C15H19N3O3S/c1-2-22-15(5-7-21-8-6-15)11-17-13-3-4-14(18(19)20)12(9-13)10-16/h3-4,9,17H,2,5-8,11H2,1H3. The van der Waals surface area contributed by atoms with Crippen LogP contribution in [-0.4, -0.2) is 35.2 Å². The van der Waals surface area contributed by atoms with Gasteiger partial charge in [0.1, 0.15) is 11.6 Å². The Labute approximate surface area is 134 Å². The molecule has 0 saturated carbocycles. The van der Waals surface area contributed by atoms with Crippen molar-refractivity contribution in [3.8, 4) is 6.07 Å². The summed E-state index contributed by atoms with van der Waals surface area (Å²) in [5.41, 5.74) is 0.667. The van der Waals surface area contributed by atoms with E-state index in [4.69, 9.17) is 10.00 Å². The normalized spacial score (nSPS) is 16.7. The lowest BCUT2D eigenvalue weighted by molar-refractivity contribution is -0.385. The number of benzene rings is 1. The highest BCUT2D eigenvalue weighted by atomic mass is 32.2. The zero-order valence-corrected chi connectivity index (χ0v) is 13.3. The first-order valence-electron chi connectivity index (χ1n) is 7.24. The van der Waals surface area contributed by atoms with Crippen LogP contribution in [0.2, 0.25) is 0 Å². The van der Waals surface area contributed by atoms with Crippen molar-refractivity contribution < 1.29 is 9.66 Å². The van der Waals surface area contributed by atoms with Crippen molar-refractivity contribution >= 4 is 23.1 Å². The van der Waals surface area contributed by atoms with Crippen molar-refractivity contribution in [3.05, 3.63) is 33.9 Å². The Kier molecular flexibility index (Phi) is 5.63. The maximum absolute atomic E-state index is 10.9. The molecular formula is C15H19N3O3S. The number of nitriles is 1. The van der Waals surface area contributed by atoms with Crippen LogP contribution in [0.4, 0.5) is 11.4 Å². The molecular weight excluding hydrogens is 302 g/mol. The molecule has 0 spiro atoms. The summed E-state index contributed by atoms with van der Waals surface area (Å²) in [6.45, 7) is 4.43. The number of nitrogens with one attached hydrogen (secondary N) is 1. The Balaban J connectivity index is 2.10. The third-order valence-corrected chi connectivity index (χ3v) is 5.24. The quantitative estimate of drug-likeness (QED) is 0.639. The minimum atomic E-state index is -0.533. The van der Waals surface area contributed by atoms with Gasteiger partial charge in [0.2, 0.25) is 0 Å². The molecule has 0 bridgehead atoms. The first kappa shape index (κ1) is 16.6. The van der Waals surface area contributed by atoms with Crippen molar-refractivity contribution in [1.82, 2.24) is 0 Å². The minimum absolute atomic E-state index is 0.0826. The number of rotatable bonds is 6. The number of nitro groups is 1. The van der Waals surface area contributed by atoms with E-state index in [1.165, 1.54) is 6.07 Å². The molecule has 22 heavy (non-hydrogen) atoms. The number of hydrogen-bond donors (Lipinski definition) is 1. The fourth-order valence-corrected chi connectivity index (χ4v) is 3.82. The molecule has 1 N–H and O–H groups in total. The van der Waals surface area contributed by atoms with Gasteiger partial charge in [0.25, 0.3) is 5.69 Å². The second kappa shape index (κ2) is 7.47. The van der Waals surface area contributed by atoms with E-state index in [0.717, 1.165) is 44.0 Å². The van der Waals surface area contributed by atoms with E-state index in [0.29, 0.717) is 0 Å². The molecule has 0 atom stereocenters. The second-order valence-electron chi connectivity index (χ2n) is 5.18. The highest BCUT2D eigenvalue weighted by Crippen LogP contribution is 2.36. The number of ether oxygens (including phenoxy) is 1. The predicted molar refractivity (Wildman–Crippen MR) is 87.2 cm³/mol. The molecule has 0 amide bonds. The van der Waals surface area contributed by atoms with Crippen LogP contribution >= 0.6 is 11.8 Å². The number of nitro benzene ring substituents is 1. The summed E-state index contributed by atoms with van der Waals surface area (Å²) in [5, 5.41) is 23.2. The van der Waals surface area contributed by atoms with Crippen LogP contribution in [0.3, 0.4) is 0 Å². The molecule has 2 rings (SSSR count). The van der Waals surface area contributed by atoms with Crippen LogP contribution in [-0.2, 0) is 4.74 Å². The average Bonchev–Trinajstić information content (AvgIpc) is 2.53. The van der Waals surface area contributed by atoms with Crippen molar-refractivity contribution in [1.29, 1.82) is 5.26 Å². The molecule has 0 aromatic heterocycles. The molecule has 0 radical (unpaired) electrons. The van der Waals surface area contributed by atoms with Crippen molar-refractivity contribution in [2.24, 2.45) is 0 Å². The van der Waals surface area contributed by atoms with E-state index in [1.54, 1.807) is 12.1 Å². The third kappa shape index (κ3) is 3.90. The summed E-state index contributed by atoms with van der Waals surface area (Å²) in [5.74, 6) is 1.03. The molecule has 7 heteroatoms. The second-order valence-corrected chi connectivity index (χ2v) is 6.91. The molecule has 1 aliphatic heterocycles. The van der Waals surface area contributed by atoms with E-state index in [-0.39, 0.29) is 16.0 Å². The van der Waals surface area contributed by atoms with Crippen molar-refractivity contribution in [2.45, 2.75) is 24.5 Å². The molecule has 118 valence electrons. The first-order valence-corrected chi connectivity index (χ1v) is 8.23. The number of anilines is 1. The number of thioether (sulfide) groups is 1. The van der Waals surface area contributed by atoms with Gasteiger partial charge in [-0.2, -0.15) is 17.0 Å². The van der Waals surface area contributed by atoms with Crippen LogP contribution in [0, 0.1) is 21.4 Å². The lowest BCUT2D eigenvalue weighted by Crippen LogP contribution is -2.39. The van der Waals surface area contributed by atoms with Gasteiger partial charge in [-0.15, -0.1) is 0 Å². The van der Waals surface area contributed by atoms with Crippen LogP contribution in [0.5, 0.6) is 0 Å². The molecule has 1 aliphatic rings. The summed E-state index contributed by atoms with van der Waals surface area (Å²) in [6, 6.07) is 6.46. The summed E-state index contributed by atoms with van der Waals surface area (Å²) < 4.78 is 5.57. The average molecular weight is 321 g/mol. The van der Waals surface area contributed by atoms with Crippen molar-refractivity contribution in [3.63, 3.8) is 0 Å². The Bertz CT molecular complexity index is 574. The molecule has 0 unspecified atom stereocenters. The minimum Gasteiger partial charge on any atom is -0.384 e. The van der Waals surface area contributed by atoms with Crippen LogP contribution < -0.4 is 5.32 Å². The highest BCUT2D eigenvalue weighted by Gasteiger charge is 2.32. The molecule has 1 fully saturated rings. The van der Waals surface area contributed by atoms with E-state index in [9.17, 15) is 10.1 Å². The fraction of sp³-hybridized carbons (Fsp3) is 0.533. The Morgan fingerprint density at radius 1 is 1.50 bits per heavy atom. The third-order valence-electron chi connectivity index (χ3n) is 3.78. The lowest BCUT2D eigenvalue weighted by Gasteiger charge is -2.36. The maximum Gasteiger partial charge on any atom is 0.287 e. The smallest absolute Gasteiger partial charge is 0.287 e. The van der Waals surface area contributed by atoms with Gasteiger partial charge in [0.15, 0.2) is 0 Å². The molecule has 1 saturated heterocycles. The summed E-state index contributed by atoms with van der Waals surface area (Å²) in [6.07, 6.45) is 1.97. The topological polar surface area (TPSA) is 88.2 Å². The predicted octanol–water partition coefficient (Wildman–Crippen LogP) is 3.18. The van der Waals surface area contributed by atoms with Gasteiger partial charge in [-0.1, -0.05) is 6.92 Å². The van der Waals surface area contributed by atoms with Gasteiger partial charge in [-0.3, -0.25) is 10.1 Å². The Morgan fingerprint density at radius 3 is 2.82 bits per heavy atom. The Hall–Kier alpha value is -1.78. The molecule has 6 nitrogen and oxygen atoms in total. The molecule has 1 heterocycles. The van der Waals surface area contributed by atoms with Crippen LogP contribution in [0.25, 0.3) is 0 Å². The zero-order chi connectivity index (χ0) is 16.0. The van der Waals surface area contributed by atoms with E-state index in [2.05, 4.69) is 12.2 Å². The molecule has 1 aromatic rings. The summed E-state index contributed by atoms with van der Waals surface area (Å²) in [7, 11) is 0. The molecule has 1 aromatic carbocycles. The maximum atomic E-state index is 10.9. The fourth-order valence-electron chi connectivity index (χ4n) is 2.58. The SMILES string of the molecule is CCSC1(CNc2ccc([N+](=O)[O-])c(C#N)c2)CCOCC1. The summed E-state index contributed by atoms with van der Waals surface area (Å²) >= 11 is 1.92. The summed E-state index contributed by atoms with van der Waals surface area (Å²) in [4.78, 5) is 10.3. The largest absolute Gasteiger partial charge is 0.384 e. The van der Waals surface area contributed by atoms with Crippen LogP contribution in [0.1, 0.15) is 25.3 Å². The number of nitrogens with zero attached hydrogens (tertiary/aromatic N) is 2. The first-order chi connectivity index (χ1) is 10.6. The van der Waals surface area contributed by atoms with Gasteiger partial charge in [0.05, 0.1) is 4.92 Å². The van der Waals surface area contributed by atoms with E-state index in [1.807, 2.05) is 17.8 Å². The van der Waals surface area contributed by atoms with Gasteiger partial charge in [0, 0.05) is 36.3 Å². The van der Waals surface area contributed by atoms with E-state index >= 15 is 0 Å². The Morgan fingerprint density at radius 2 is 2.23 bits per heavy atom. The highest BCUT2D eigenvalue weighted by molar-refractivity contribution is 8.00. The van der Waals surface area contributed by atoms with Crippen molar-refractivity contribution in [2.75, 3.05) is 30.8 Å². The van der Waals surface area contributed by atoms with Gasteiger partial charge in [-0.25, -0.2) is 0 Å². The molecule has 0 aliphatic carbocycles. The van der Waals surface area contributed by atoms with Gasteiger partial charge in [-0.05, 0) is 30.7 Å². The zero-order valence-electron chi connectivity index (χ0n) is 12.5. The van der Waals surface area contributed by atoms with Gasteiger partial charge >= 0.3 is 0 Å².